The monoisotopic (exact) mass is 371 g/mol. The first-order chi connectivity index (χ1) is 12.5. The van der Waals surface area contributed by atoms with E-state index in [9.17, 15) is 19.7 Å². The van der Waals surface area contributed by atoms with Gasteiger partial charge in [0.05, 0.1) is 23.0 Å². The summed E-state index contributed by atoms with van der Waals surface area (Å²) in [5.74, 6) is 0.216. The number of hydrogen-bond donors (Lipinski definition) is 0. The van der Waals surface area contributed by atoms with Crippen LogP contribution < -0.4 is 0 Å². The molecule has 132 valence electrons. The Morgan fingerprint density at radius 2 is 1.77 bits per heavy atom. The Morgan fingerprint density at radius 3 is 2.35 bits per heavy atom. The van der Waals surface area contributed by atoms with E-state index in [1.807, 2.05) is 0 Å². The second-order valence-corrected chi connectivity index (χ2v) is 7.76. The fourth-order valence-electron chi connectivity index (χ4n) is 4.93. The Labute approximate surface area is 153 Å². The van der Waals surface area contributed by atoms with Crippen molar-refractivity contribution in [2.45, 2.75) is 6.42 Å². The van der Waals surface area contributed by atoms with Crippen molar-refractivity contribution < 1.29 is 14.5 Å². The van der Waals surface area contributed by atoms with Gasteiger partial charge in [0.2, 0.25) is 0 Å². The van der Waals surface area contributed by atoms with E-state index in [0.29, 0.717) is 17.4 Å². The lowest BCUT2D eigenvalue weighted by Gasteiger charge is -2.37. The van der Waals surface area contributed by atoms with E-state index in [4.69, 9.17) is 11.6 Å². The highest BCUT2D eigenvalue weighted by molar-refractivity contribution is 6.32. The van der Waals surface area contributed by atoms with E-state index in [0.717, 1.165) is 11.4 Å². The van der Waals surface area contributed by atoms with Crippen LogP contribution in [0.3, 0.4) is 0 Å². The molecule has 0 unspecified atom stereocenters. The largest absolute Gasteiger partial charge is 0.288 e. The van der Waals surface area contributed by atoms with Crippen molar-refractivity contribution in [2.24, 2.45) is 40.6 Å². The number of nitrogens with zero attached hydrogens (tertiary/aromatic N) is 3. The molecule has 1 aliphatic heterocycles. The van der Waals surface area contributed by atoms with Crippen LogP contribution in [0.4, 0.5) is 5.69 Å². The Kier molecular flexibility index (Phi) is 3.16. The normalized spacial score (nSPS) is 36.6. The molecule has 2 bridgehead atoms. The molecule has 1 saturated heterocycles. The van der Waals surface area contributed by atoms with Crippen LogP contribution in [0.1, 0.15) is 12.0 Å². The molecule has 4 aliphatic carbocycles. The fraction of sp³-hybridized carbons (Fsp3) is 0.389. The Hall–Kier alpha value is -2.54. The van der Waals surface area contributed by atoms with Gasteiger partial charge in [0, 0.05) is 11.6 Å². The summed E-state index contributed by atoms with van der Waals surface area (Å²) in [6, 6.07) is 4.22. The summed E-state index contributed by atoms with van der Waals surface area (Å²) in [4.78, 5) is 36.0. The molecule has 1 aromatic carbocycles. The van der Waals surface area contributed by atoms with E-state index in [1.54, 1.807) is 6.07 Å². The van der Waals surface area contributed by atoms with Crippen molar-refractivity contribution in [2.75, 3.05) is 0 Å². The summed E-state index contributed by atoms with van der Waals surface area (Å²) in [6.07, 6.45) is 6.60. The van der Waals surface area contributed by atoms with E-state index in [1.165, 1.54) is 18.3 Å². The molecule has 26 heavy (non-hydrogen) atoms. The third-order valence-corrected chi connectivity index (χ3v) is 6.45. The third-order valence-electron chi connectivity index (χ3n) is 6.13. The van der Waals surface area contributed by atoms with E-state index in [-0.39, 0.29) is 46.2 Å². The average Bonchev–Trinajstić information content (AvgIpc) is 3.40. The number of amides is 2. The second kappa shape index (κ2) is 5.23. The second-order valence-electron chi connectivity index (χ2n) is 7.36. The van der Waals surface area contributed by atoms with E-state index >= 15 is 0 Å². The molecule has 2 saturated carbocycles. The number of carbonyl (C=O) groups is 2. The molecule has 6 atom stereocenters. The lowest BCUT2D eigenvalue weighted by atomic mass is 9.63. The van der Waals surface area contributed by atoms with Gasteiger partial charge >= 0.3 is 0 Å². The minimum atomic E-state index is -0.587. The van der Waals surface area contributed by atoms with Crippen LogP contribution in [0, 0.1) is 45.6 Å². The molecule has 7 nitrogen and oxygen atoms in total. The molecule has 8 heteroatoms. The summed E-state index contributed by atoms with van der Waals surface area (Å²) >= 11 is 5.79. The smallest absolute Gasteiger partial charge is 0.272 e. The molecule has 1 heterocycles. The average molecular weight is 372 g/mol. The standard InChI is InChI=1S/C18H14ClN3O4/c19-13-4-1-8(5-14(13)22(25)26)7-20-21-17(23)15-9-2-3-10(12-6-11(9)12)16(15)18(21)24/h1-5,7,9-12,15-16H,6H2/b20-7-/t9-,10-,11-,12-,15-,16+/m1/s1. The van der Waals surface area contributed by atoms with Crippen LogP contribution in [0.2, 0.25) is 5.02 Å². The number of imide groups is 1. The quantitative estimate of drug-likeness (QED) is 0.268. The minimum absolute atomic E-state index is 0.0216. The molecule has 2 amide bonds. The molecule has 0 N–H and O–H groups in total. The van der Waals surface area contributed by atoms with Gasteiger partial charge in [-0.05, 0) is 36.2 Å². The number of benzene rings is 1. The van der Waals surface area contributed by atoms with Crippen molar-refractivity contribution in [1.29, 1.82) is 0 Å². The molecule has 0 radical (unpaired) electrons. The van der Waals surface area contributed by atoms with Crippen molar-refractivity contribution >= 4 is 35.3 Å². The van der Waals surface area contributed by atoms with Crippen LogP contribution in [-0.4, -0.2) is 28.0 Å². The SMILES string of the molecule is O=C1[C@@H]2[C@@H]3C=C[C@H]([C@H]4C[C@H]34)[C@@H]2C(=O)N1/N=C\c1ccc(Cl)c([N+](=O)[O-])c1. The topological polar surface area (TPSA) is 92.9 Å². The number of rotatable bonds is 3. The molecule has 1 aromatic rings. The summed E-state index contributed by atoms with van der Waals surface area (Å²) < 4.78 is 0. The van der Waals surface area contributed by atoms with Gasteiger partial charge < -0.3 is 0 Å². The van der Waals surface area contributed by atoms with Gasteiger partial charge in [0.1, 0.15) is 5.02 Å². The molecule has 0 aromatic heterocycles. The highest BCUT2D eigenvalue weighted by Gasteiger charge is 2.67. The Morgan fingerprint density at radius 1 is 1.15 bits per heavy atom. The first-order valence-electron chi connectivity index (χ1n) is 8.51. The summed E-state index contributed by atoms with van der Waals surface area (Å²) in [5.41, 5.74) is 0.159. The number of hydrazone groups is 1. The molecular weight excluding hydrogens is 358 g/mol. The van der Waals surface area contributed by atoms with E-state index < -0.39 is 4.92 Å². The van der Waals surface area contributed by atoms with Gasteiger partial charge in [-0.1, -0.05) is 29.8 Å². The van der Waals surface area contributed by atoms with Crippen LogP contribution >= 0.6 is 11.6 Å². The van der Waals surface area contributed by atoms with Crippen molar-refractivity contribution in [3.05, 3.63) is 51.1 Å². The van der Waals surface area contributed by atoms with Gasteiger partial charge in [-0.15, -0.1) is 0 Å². The minimum Gasteiger partial charge on any atom is -0.272 e. The number of hydrogen-bond acceptors (Lipinski definition) is 5. The predicted octanol–water partition coefficient (Wildman–Crippen LogP) is 2.64. The van der Waals surface area contributed by atoms with Gasteiger partial charge in [0.15, 0.2) is 0 Å². The third kappa shape index (κ3) is 2.03. The van der Waals surface area contributed by atoms with Crippen LogP contribution in [0.5, 0.6) is 0 Å². The van der Waals surface area contributed by atoms with Gasteiger partial charge in [0.25, 0.3) is 17.5 Å². The molecule has 0 spiro atoms. The molecular formula is C18H14ClN3O4. The van der Waals surface area contributed by atoms with Gasteiger partial charge in [-0.3, -0.25) is 19.7 Å². The highest BCUT2D eigenvalue weighted by Crippen LogP contribution is 2.65. The van der Waals surface area contributed by atoms with Crippen molar-refractivity contribution in [1.82, 2.24) is 5.01 Å². The van der Waals surface area contributed by atoms with Gasteiger partial charge in [-0.25, -0.2) is 0 Å². The first-order valence-corrected chi connectivity index (χ1v) is 8.89. The van der Waals surface area contributed by atoms with Crippen LogP contribution in [0.15, 0.2) is 35.5 Å². The molecule has 5 aliphatic rings. The maximum atomic E-state index is 12.8. The summed E-state index contributed by atoms with van der Waals surface area (Å²) in [5, 5.41) is 16.0. The lowest BCUT2D eigenvalue weighted by Crippen LogP contribution is -2.40. The number of halogens is 1. The summed E-state index contributed by atoms with van der Waals surface area (Å²) in [7, 11) is 0. The number of nitro benzene ring substituents is 1. The first kappa shape index (κ1) is 15.7. The van der Waals surface area contributed by atoms with Gasteiger partial charge in [-0.2, -0.15) is 10.1 Å². The number of carbonyl (C=O) groups excluding carboxylic acids is 2. The van der Waals surface area contributed by atoms with Crippen molar-refractivity contribution in [3.8, 4) is 0 Å². The Balaban J connectivity index is 1.43. The highest BCUT2D eigenvalue weighted by atomic mass is 35.5. The summed E-state index contributed by atoms with van der Waals surface area (Å²) in [6.45, 7) is 0. The zero-order chi connectivity index (χ0) is 18.2. The Bertz CT molecular complexity index is 891. The van der Waals surface area contributed by atoms with E-state index in [2.05, 4.69) is 17.3 Å². The lowest BCUT2D eigenvalue weighted by molar-refractivity contribution is -0.384. The van der Waals surface area contributed by atoms with Crippen LogP contribution in [0.25, 0.3) is 0 Å². The maximum Gasteiger partial charge on any atom is 0.288 e. The zero-order valence-corrected chi connectivity index (χ0v) is 14.2. The van der Waals surface area contributed by atoms with Crippen molar-refractivity contribution in [3.63, 3.8) is 0 Å². The maximum absolute atomic E-state index is 12.8. The number of nitro groups is 1. The van der Waals surface area contributed by atoms with Crippen LogP contribution in [-0.2, 0) is 9.59 Å². The fourth-order valence-corrected chi connectivity index (χ4v) is 5.12. The number of allylic oxidation sites excluding steroid dienone is 2. The zero-order valence-electron chi connectivity index (χ0n) is 13.5. The molecule has 6 rings (SSSR count). The molecule has 3 fully saturated rings. The predicted molar refractivity (Wildman–Crippen MR) is 92.3 cm³/mol.